The zero-order valence-corrected chi connectivity index (χ0v) is 18.9. The number of piperazine rings is 1. The van der Waals surface area contributed by atoms with Crippen LogP contribution in [-0.4, -0.2) is 62.1 Å². The van der Waals surface area contributed by atoms with Crippen molar-refractivity contribution in [3.8, 4) is 5.75 Å². The molecule has 0 saturated carbocycles. The Morgan fingerprint density at radius 3 is 2.12 bits per heavy atom. The number of carbonyl (C=O) groups excluding carboxylic acids is 3. The van der Waals surface area contributed by atoms with Crippen LogP contribution in [0.25, 0.3) is 0 Å². The molecule has 1 heterocycles. The molecule has 170 valence electrons. The maximum absolute atomic E-state index is 12.9. The van der Waals surface area contributed by atoms with Crippen LogP contribution < -0.4 is 15.0 Å². The first-order chi connectivity index (χ1) is 15.3. The Hall–Kier alpha value is -3.55. The molecule has 32 heavy (non-hydrogen) atoms. The van der Waals surface area contributed by atoms with Crippen molar-refractivity contribution in [3.05, 3.63) is 53.6 Å². The Morgan fingerprint density at radius 1 is 0.938 bits per heavy atom. The molecule has 2 aromatic carbocycles. The van der Waals surface area contributed by atoms with Crippen molar-refractivity contribution >= 4 is 29.2 Å². The molecule has 1 N–H and O–H groups in total. The van der Waals surface area contributed by atoms with Crippen molar-refractivity contribution in [1.29, 1.82) is 0 Å². The van der Waals surface area contributed by atoms with Crippen LogP contribution in [0.4, 0.5) is 11.4 Å². The van der Waals surface area contributed by atoms with Crippen LogP contribution in [0.5, 0.6) is 5.75 Å². The van der Waals surface area contributed by atoms with Gasteiger partial charge >= 0.3 is 5.97 Å². The Labute approximate surface area is 188 Å². The molecule has 1 aliphatic rings. The summed E-state index contributed by atoms with van der Waals surface area (Å²) < 4.78 is 10.5. The predicted octanol–water partition coefficient (Wildman–Crippen LogP) is 3.18. The third-order valence-corrected chi connectivity index (χ3v) is 5.22. The minimum Gasteiger partial charge on any atom is -0.491 e. The number of hydrogen-bond donors (Lipinski definition) is 1. The number of anilines is 2. The summed E-state index contributed by atoms with van der Waals surface area (Å²) in [6.07, 6.45) is 0.0433. The van der Waals surface area contributed by atoms with Crippen molar-refractivity contribution in [2.45, 2.75) is 26.9 Å². The van der Waals surface area contributed by atoms with E-state index in [9.17, 15) is 14.4 Å². The van der Waals surface area contributed by atoms with Gasteiger partial charge in [-0.15, -0.1) is 0 Å². The van der Waals surface area contributed by atoms with Crippen molar-refractivity contribution in [2.75, 3.05) is 43.5 Å². The van der Waals surface area contributed by atoms with Gasteiger partial charge < -0.3 is 24.6 Å². The molecule has 0 unspecified atom stereocenters. The third kappa shape index (κ3) is 5.57. The highest BCUT2D eigenvalue weighted by Gasteiger charge is 2.22. The van der Waals surface area contributed by atoms with E-state index in [4.69, 9.17) is 9.47 Å². The molecule has 0 bridgehead atoms. The highest BCUT2D eigenvalue weighted by atomic mass is 16.5. The van der Waals surface area contributed by atoms with Gasteiger partial charge in [0.2, 0.25) is 5.91 Å². The van der Waals surface area contributed by atoms with Crippen LogP contribution in [0.1, 0.15) is 41.5 Å². The first-order valence-corrected chi connectivity index (χ1v) is 10.6. The number of nitrogens with one attached hydrogen (secondary N) is 1. The smallest absolute Gasteiger partial charge is 0.337 e. The molecule has 0 radical (unpaired) electrons. The molecule has 3 rings (SSSR count). The SMILES string of the molecule is COC(=O)c1ccc(N2CCN(C(C)=O)CC2)c(NC(=O)c2ccc(OC(C)C)cc2)c1. The number of hydrogen-bond acceptors (Lipinski definition) is 6. The van der Waals surface area contributed by atoms with E-state index in [1.807, 2.05) is 13.8 Å². The van der Waals surface area contributed by atoms with Crippen molar-refractivity contribution in [3.63, 3.8) is 0 Å². The molecule has 8 nitrogen and oxygen atoms in total. The molecule has 0 atom stereocenters. The van der Waals surface area contributed by atoms with Gasteiger partial charge in [-0.2, -0.15) is 0 Å². The monoisotopic (exact) mass is 439 g/mol. The number of nitrogens with zero attached hydrogens (tertiary/aromatic N) is 2. The van der Waals surface area contributed by atoms with Crippen LogP contribution in [-0.2, 0) is 9.53 Å². The quantitative estimate of drug-likeness (QED) is 0.696. The minimum atomic E-state index is -0.483. The van der Waals surface area contributed by atoms with Gasteiger partial charge in [-0.05, 0) is 56.3 Å². The minimum absolute atomic E-state index is 0.0433. The summed E-state index contributed by atoms with van der Waals surface area (Å²) in [5, 5.41) is 2.93. The zero-order valence-electron chi connectivity index (χ0n) is 18.9. The molecule has 8 heteroatoms. The lowest BCUT2D eigenvalue weighted by Crippen LogP contribution is -2.48. The van der Waals surface area contributed by atoms with Crippen molar-refractivity contribution in [1.82, 2.24) is 4.90 Å². The van der Waals surface area contributed by atoms with E-state index in [0.29, 0.717) is 48.7 Å². The molecule has 1 saturated heterocycles. The lowest BCUT2D eigenvalue weighted by Gasteiger charge is -2.36. The summed E-state index contributed by atoms with van der Waals surface area (Å²) >= 11 is 0. The molecule has 2 amide bonds. The first kappa shape index (κ1) is 23.1. The summed E-state index contributed by atoms with van der Waals surface area (Å²) in [5.74, 6) is -0.0484. The topological polar surface area (TPSA) is 88.2 Å². The Bertz CT molecular complexity index is 980. The van der Waals surface area contributed by atoms with Crippen molar-refractivity contribution in [2.24, 2.45) is 0 Å². The molecule has 2 aromatic rings. The largest absolute Gasteiger partial charge is 0.491 e. The normalized spacial score (nSPS) is 13.7. The van der Waals surface area contributed by atoms with Crippen LogP contribution in [0.15, 0.2) is 42.5 Å². The van der Waals surface area contributed by atoms with E-state index in [-0.39, 0.29) is 17.9 Å². The zero-order chi connectivity index (χ0) is 23.3. The fraction of sp³-hybridized carbons (Fsp3) is 0.375. The number of rotatable bonds is 6. The standard InChI is InChI=1S/C24H29N3O5/c1-16(2)32-20-8-5-18(6-9-20)23(29)25-21-15-19(24(30)31-4)7-10-22(21)27-13-11-26(12-14-27)17(3)28/h5-10,15-16H,11-14H2,1-4H3,(H,25,29). The average Bonchev–Trinajstić information content (AvgIpc) is 2.78. The molecular weight excluding hydrogens is 410 g/mol. The van der Waals surface area contributed by atoms with Crippen LogP contribution in [0.3, 0.4) is 0 Å². The molecular formula is C24H29N3O5. The van der Waals surface area contributed by atoms with E-state index >= 15 is 0 Å². The average molecular weight is 440 g/mol. The van der Waals surface area contributed by atoms with E-state index in [1.54, 1.807) is 54.3 Å². The summed E-state index contributed by atoms with van der Waals surface area (Å²) in [6.45, 7) is 7.88. The molecule has 0 aromatic heterocycles. The fourth-order valence-electron chi connectivity index (χ4n) is 3.57. The Balaban J connectivity index is 1.83. The Kier molecular flexibility index (Phi) is 7.35. The summed E-state index contributed by atoms with van der Waals surface area (Å²) in [6, 6.07) is 12.0. The van der Waals surface area contributed by atoms with Crippen LogP contribution >= 0.6 is 0 Å². The van der Waals surface area contributed by atoms with Gasteiger partial charge in [-0.1, -0.05) is 0 Å². The van der Waals surface area contributed by atoms with E-state index in [0.717, 1.165) is 5.69 Å². The molecule has 1 aliphatic heterocycles. The van der Waals surface area contributed by atoms with Crippen molar-refractivity contribution < 1.29 is 23.9 Å². The second kappa shape index (κ2) is 10.2. The molecule has 1 fully saturated rings. The fourth-order valence-corrected chi connectivity index (χ4v) is 3.57. The Morgan fingerprint density at radius 2 is 1.56 bits per heavy atom. The second-order valence-electron chi connectivity index (χ2n) is 7.86. The lowest BCUT2D eigenvalue weighted by molar-refractivity contribution is -0.129. The first-order valence-electron chi connectivity index (χ1n) is 10.6. The summed E-state index contributed by atoms with van der Waals surface area (Å²) in [4.78, 5) is 40.5. The number of benzene rings is 2. The molecule has 0 aliphatic carbocycles. The number of carbonyl (C=O) groups is 3. The van der Waals surface area contributed by atoms with E-state index in [1.165, 1.54) is 7.11 Å². The number of methoxy groups -OCH3 is 1. The third-order valence-electron chi connectivity index (χ3n) is 5.22. The summed E-state index contributed by atoms with van der Waals surface area (Å²) in [5.41, 5.74) is 2.11. The van der Waals surface area contributed by atoms with Gasteiger partial charge in [0.1, 0.15) is 5.75 Å². The van der Waals surface area contributed by atoms with Crippen LogP contribution in [0, 0.1) is 0 Å². The number of esters is 1. The van der Waals surface area contributed by atoms with Gasteiger partial charge in [-0.3, -0.25) is 9.59 Å². The van der Waals surface area contributed by atoms with Gasteiger partial charge in [0.05, 0.1) is 30.2 Å². The predicted molar refractivity (Wildman–Crippen MR) is 122 cm³/mol. The lowest BCUT2D eigenvalue weighted by atomic mass is 10.1. The highest BCUT2D eigenvalue weighted by molar-refractivity contribution is 6.07. The van der Waals surface area contributed by atoms with E-state index in [2.05, 4.69) is 10.2 Å². The number of amides is 2. The van der Waals surface area contributed by atoms with Gasteiger partial charge in [0.25, 0.3) is 5.91 Å². The maximum atomic E-state index is 12.9. The number of ether oxygens (including phenoxy) is 2. The van der Waals surface area contributed by atoms with Gasteiger partial charge in [-0.25, -0.2) is 4.79 Å². The van der Waals surface area contributed by atoms with Gasteiger partial charge in [0.15, 0.2) is 0 Å². The summed E-state index contributed by atoms with van der Waals surface area (Å²) in [7, 11) is 1.32. The van der Waals surface area contributed by atoms with E-state index < -0.39 is 5.97 Å². The van der Waals surface area contributed by atoms with Gasteiger partial charge in [0, 0.05) is 38.7 Å². The molecule has 0 spiro atoms. The maximum Gasteiger partial charge on any atom is 0.337 e. The van der Waals surface area contributed by atoms with Crippen LogP contribution in [0.2, 0.25) is 0 Å². The second-order valence-corrected chi connectivity index (χ2v) is 7.86. The highest BCUT2D eigenvalue weighted by Crippen LogP contribution is 2.29.